The average Bonchev–Trinajstić information content (AvgIpc) is 2.59. The van der Waals surface area contributed by atoms with Crippen LogP contribution in [0.15, 0.2) is 6.20 Å². The number of ether oxygens (including phenoxy) is 1. The maximum atomic E-state index is 5.32. The summed E-state index contributed by atoms with van der Waals surface area (Å²) in [6.45, 7) is 8.06. The van der Waals surface area contributed by atoms with E-state index in [1.54, 1.807) is 0 Å². The minimum absolute atomic E-state index is 0.833. The lowest BCUT2D eigenvalue weighted by Crippen LogP contribution is -2.37. The van der Waals surface area contributed by atoms with Crippen LogP contribution >= 0.6 is 12.2 Å². The molecule has 0 aliphatic carbocycles. The molecule has 0 atom stereocenters. The minimum Gasteiger partial charge on any atom is -0.379 e. The van der Waals surface area contributed by atoms with Crippen LogP contribution in [-0.4, -0.2) is 47.3 Å². The quantitative estimate of drug-likeness (QED) is 0.812. The van der Waals surface area contributed by atoms with Gasteiger partial charge < -0.3 is 14.3 Å². The van der Waals surface area contributed by atoms with Crippen molar-refractivity contribution < 1.29 is 4.74 Å². The van der Waals surface area contributed by atoms with Crippen molar-refractivity contribution in [1.29, 1.82) is 0 Å². The average molecular weight is 241 g/mol. The fourth-order valence-corrected chi connectivity index (χ4v) is 2.33. The number of nitrogens with one attached hydrogen (secondary N) is 1. The number of H-pyrrole nitrogens is 1. The Bertz CT molecular complexity index is 379. The zero-order valence-corrected chi connectivity index (χ0v) is 10.6. The summed E-state index contributed by atoms with van der Waals surface area (Å²) in [6.07, 6.45) is 3.23. The molecule has 4 nitrogen and oxygen atoms in total. The highest BCUT2D eigenvalue weighted by molar-refractivity contribution is 7.71. The molecule has 1 aromatic heterocycles. The molecule has 1 N–H and O–H groups in total. The zero-order chi connectivity index (χ0) is 11.4. The van der Waals surface area contributed by atoms with Crippen molar-refractivity contribution >= 4 is 12.2 Å². The molecule has 1 aliphatic heterocycles. The van der Waals surface area contributed by atoms with Crippen LogP contribution in [0.4, 0.5) is 0 Å². The third-order valence-corrected chi connectivity index (χ3v) is 3.23. The van der Waals surface area contributed by atoms with Gasteiger partial charge >= 0.3 is 0 Å². The lowest BCUT2D eigenvalue weighted by molar-refractivity contribution is 0.0369. The third-order valence-electron chi connectivity index (χ3n) is 2.89. The van der Waals surface area contributed by atoms with Gasteiger partial charge in [-0.3, -0.25) is 4.90 Å². The van der Waals surface area contributed by atoms with Gasteiger partial charge in [0, 0.05) is 38.1 Å². The number of rotatable bonds is 4. The molecular weight excluding hydrogens is 222 g/mol. The highest BCUT2D eigenvalue weighted by Gasteiger charge is 2.09. The van der Waals surface area contributed by atoms with E-state index in [1.165, 1.54) is 0 Å². The van der Waals surface area contributed by atoms with Crippen LogP contribution in [0, 0.1) is 11.7 Å². The number of imidazole rings is 1. The van der Waals surface area contributed by atoms with Crippen molar-refractivity contribution in [3.63, 3.8) is 0 Å². The van der Waals surface area contributed by atoms with Crippen molar-refractivity contribution in [2.24, 2.45) is 0 Å². The van der Waals surface area contributed by atoms with Gasteiger partial charge in [0.05, 0.1) is 13.2 Å². The van der Waals surface area contributed by atoms with Crippen LogP contribution < -0.4 is 0 Å². The maximum Gasteiger partial charge on any atom is 0.177 e. The molecule has 1 aromatic rings. The number of aromatic nitrogens is 2. The molecule has 2 rings (SSSR count). The Morgan fingerprint density at radius 1 is 1.38 bits per heavy atom. The maximum absolute atomic E-state index is 5.32. The predicted molar refractivity (Wildman–Crippen MR) is 66.2 cm³/mol. The van der Waals surface area contributed by atoms with E-state index >= 15 is 0 Å². The fourth-order valence-electron chi connectivity index (χ4n) is 2.02. The third kappa shape index (κ3) is 3.17. The van der Waals surface area contributed by atoms with Crippen LogP contribution in [0.25, 0.3) is 0 Å². The van der Waals surface area contributed by atoms with Crippen LogP contribution in [0.2, 0.25) is 0 Å². The summed E-state index contributed by atoms with van der Waals surface area (Å²) in [6, 6.07) is 0. The smallest absolute Gasteiger partial charge is 0.177 e. The van der Waals surface area contributed by atoms with Gasteiger partial charge in [-0.2, -0.15) is 0 Å². The van der Waals surface area contributed by atoms with Crippen molar-refractivity contribution in [3.05, 3.63) is 16.7 Å². The number of nitrogens with zero attached hydrogens (tertiary/aromatic N) is 2. The van der Waals surface area contributed by atoms with Crippen molar-refractivity contribution in [3.8, 4) is 0 Å². The fraction of sp³-hybridized carbons (Fsp3) is 0.727. The van der Waals surface area contributed by atoms with E-state index < -0.39 is 0 Å². The Balaban J connectivity index is 1.75. The number of aromatic amines is 1. The summed E-state index contributed by atoms with van der Waals surface area (Å²) < 4.78 is 8.27. The normalized spacial score (nSPS) is 17.8. The molecule has 0 radical (unpaired) electrons. The molecule has 1 fully saturated rings. The molecule has 1 aliphatic rings. The Kier molecular flexibility index (Phi) is 4.15. The first-order chi connectivity index (χ1) is 7.75. The molecule has 2 heterocycles. The largest absolute Gasteiger partial charge is 0.379 e. The van der Waals surface area contributed by atoms with Gasteiger partial charge in [0.15, 0.2) is 4.77 Å². The second-order valence-electron chi connectivity index (χ2n) is 4.24. The SMILES string of the molecule is Cc1cn(CCCN2CCOCC2)c(=S)[nH]1. The van der Waals surface area contributed by atoms with Gasteiger partial charge in [-0.25, -0.2) is 0 Å². The van der Waals surface area contributed by atoms with E-state index in [0.29, 0.717) is 0 Å². The molecule has 0 amide bonds. The van der Waals surface area contributed by atoms with Gasteiger partial charge in [0.2, 0.25) is 0 Å². The van der Waals surface area contributed by atoms with Gasteiger partial charge in [0.25, 0.3) is 0 Å². The minimum atomic E-state index is 0.833. The first-order valence-corrected chi connectivity index (χ1v) is 6.23. The van der Waals surface area contributed by atoms with E-state index in [4.69, 9.17) is 17.0 Å². The Morgan fingerprint density at radius 2 is 2.12 bits per heavy atom. The van der Waals surface area contributed by atoms with E-state index in [0.717, 1.165) is 56.3 Å². The topological polar surface area (TPSA) is 33.2 Å². The zero-order valence-electron chi connectivity index (χ0n) is 9.74. The molecule has 0 spiro atoms. The van der Waals surface area contributed by atoms with Gasteiger partial charge in [-0.1, -0.05) is 0 Å². The van der Waals surface area contributed by atoms with Crippen molar-refractivity contribution in [2.75, 3.05) is 32.8 Å². The summed E-state index contributed by atoms with van der Waals surface area (Å²) >= 11 is 5.22. The summed E-state index contributed by atoms with van der Waals surface area (Å²) in [5, 5.41) is 0. The molecule has 16 heavy (non-hydrogen) atoms. The van der Waals surface area contributed by atoms with E-state index in [1.807, 2.05) is 6.92 Å². The lowest BCUT2D eigenvalue weighted by atomic mass is 10.3. The Hall–Kier alpha value is -0.650. The number of hydrogen-bond acceptors (Lipinski definition) is 3. The van der Waals surface area contributed by atoms with Crippen LogP contribution in [-0.2, 0) is 11.3 Å². The van der Waals surface area contributed by atoms with Crippen LogP contribution in [0.1, 0.15) is 12.1 Å². The molecule has 90 valence electrons. The second-order valence-corrected chi connectivity index (χ2v) is 4.63. The highest BCUT2D eigenvalue weighted by atomic mass is 32.1. The number of aryl methyl sites for hydroxylation is 2. The predicted octanol–water partition coefficient (Wildman–Crippen LogP) is 1.58. The van der Waals surface area contributed by atoms with Crippen molar-refractivity contribution in [1.82, 2.24) is 14.5 Å². The van der Waals surface area contributed by atoms with E-state index in [2.05, 4.69) is 20.6 Å². The Morgan fingerprint density at radius 3 is 2.75 bits per heavy atom. The Labute approximate surface area is 101 Å². The van der Waals surface area contributed by atoms with E-state index in [9.17, 15) is 0 Å². The summed E-state index contributed by atoms with van der Waals surface area (Å²) in [5.74, 6) is 0. The molecular formula is C11H19N3OS. The molecule has 0 unspecified atom stereocenters. The number of hydrogen-bond donors (Lipinski definition) is 1. The first kappa shape index (κ1) is 11.8. The molecule has 5 heteroatoms. The van der Waals surface area contributed by atoms with E-state index in [-0.39, 0.29) is 0 Å². The standard InChI is InChI=1S/C11H19N3OS/c1-10-9-14(11(16)12-10)4-2-3-13-5-7-15-8-6-13/h9H,2-8H2,1H3,(H,12,16). The van der Waals surface area contributed by atoms with Gasteiger partial charge in [0.1, 0.15) is 0 Å². The molecule has 0 bridgehead atoms. The molecule has 0 aromatic carbocycles. The summed E-state index contributed by atoms with van der Waals surface area (Å²) in [7, 11) is 0. The monoisotopic (exact) mass is 241 g/mol. The highest BCUT2D eigenvalue weighted by Crippen LogP contribution is 2.02. The molecule has 0 saturated carbocycles. The summed E-state index contributed by atoms with van der Waals surface area (Å²) in [5.41, 5.74) is 1.14. The van der Waals surface area contributed by atoms with Gasteiger partial charge in [-0.05, 0) is 25.6 Å². The first-order valence-electron chi connectivity index (χ1n) is 5.82. The van der Waals surface area contributed by atoms with Crippen molar-refractivity contribution in [2.45, 2.75) is 19.9 Å². The van der Waals surface area contributed by atoms with Crippen LogP contribution in [0.3, 0.4) is 0 Å². The van der Waals surface area contributed by atoms with Crippen LogP contribution in [0.5, 0.6) is 0 Å². The summed E-state index contributed by atoms with van der Waals surface area (Å²) in [4.78, 5) is 5.59. The number of morpholine rings is 1. The van der Waals surface area contributed by atoms with Gasteiger partial charge in [-0.15, -0.1) is 0 Å². The lowest BCUT2D eigenvalue weighted by Gasteiger charge is -2.26. The molecule has 1 saturated heterocycles. The second kappa shape index (κ2) is 5.61.